The van der Waals surface area contributed by atoms with Gasteiger partial charge in [0.15, 0.2) is 0 Å². The van der Waals surface area contributed by atoms with Gasteiger partial charge < -0.3 is 4.52 Å². The molecule has 1 unspecified atom stereocenters. The molecule has 1 heterocycles. The fourth-order valence-corrected chi connectivity index (χ4v) is 2.96. The number of unbranched alkanes of at least 4 members (excludes halogenated alkanes) is 6. The molecule has 0 saturated carbocycles. The van der Waals surface area contributed by atoms with Gasteiger partial charge >= 0.3 is 6.18 Å². The van der Waals surface area contributed by atoms with Crippen LogP contribution in [0.1, 0.15) is 96.4 Å². The van der Waals surface area contributed by atoms with E-state index in [0.717, 1.165) is 51.0 Å². The van der Waals surface area contributed by atoms with E-state index in [2.05, 4.69) is 23.5 Å². The molecule has 0 amide bonds. The van der Waals surface area contributed by atoms with Crippen LogP contribution < -0.4 is 0 Å². The molecule has 0 radical (unpaired) electrons. The highest BCUT2D eigenvalue weighted by atomic mass is 19.4. The second-order valence-electron chi connectivity index (χ2n) is 6.76. The minimum atomic E-state index is -4.46. The van der Waals surface area contributed by atoms with Gasteiger partial charge in [0.1, 0.15) is 0 Å². The molecule has 0 aliphatic carbocycles. The fourth-order valence-electron chi connectivity index (χ4n) is 2.96. The van der Waals surface area contributed by atoms with Crippen LogP contribution in [0.4, 0.5) is 13.2 Å². The van der Waals surface area contributed by atoms with Gasteiger partial charge in [-0.3, -0.25) is 0 Å². The van der Waals surface area contributed by atoms with E-state index < -0.39 is 11.9 Å². The summed E-state index contributed by atoms with van der Waals surface area (Å²) in [5.41, 5.74) is 0.130. The van der Waals surface area contributed by atoms with Crippen LogP contribution in [0, 0.1) is 0 Å². The van der Waals surface area contributed by atoms with Gasteiger partial charge in [-0.1, -0.05) is 77.3 Å². The summed E-state index contributed by atoms with van der Waals surface area (Å²) in [4.78, 5) is 0. The Hall–Kier alpha value is -1.00. The first kappa shape index (κ1) is 20.0. The van der Waals surface area contributed by atoms with Crippen molar-refractivity contribution in [3.8, 4) is 0 Å². The standard InChI is InChI=1S/C18H30F3NO/c1-4-6-8-9-11-13-17(3,12-10-7-5-2)15-14-16(23-22-15)18(19,20)21/h14H,4-13H2,1-3H3. The maximum Gasteiger partial charge on any atom is 0.452 e. The van der Waals surface area contributed by atoms with E-state index in [1.54, 1.807) is 0 Å². The number of nitrogens with zero attached hydrogens (tertiary/aromatic N) is 1. The largest absolute Gasteiger partial charge is 0.452 e. The van der Waals surface area contributed by atoms with Crippen LogP contribution in [-0.2, 0) is 11.6 Å². The van der Waals surface area contributed by atoms with Crippen molar-refractivity contribution in [1.82, 2.24) is 5.16 Å². The number of halogens is 3. The van der Waals surface area contributed by atoms with Gasteiger partial charge in [0.2, 0.25) is 5.76 Å². The van der Waals surface area contributed by atoms with Gasteiger partial charge in [-0.2, -0.15) is 13.2 Å². The average molecular weight is 333 g/mol. The topological polar surface area (TPSA) is 26.0 Å². The van der Waals surface area contributed by atoms with Crippen molar-refractivity contribution in [2.45, 2.75) is 96.6 Å². The van der Waals surface area contributed by atoms with Crippen LogP contribution in [0.15, 0.2) is 10.6 Å². The Balaban J connectivity index is 2.75. The molecule has 0 aliphatic rings. The van der Waals surface area contributed by atoms with E-state index in [4.69, 9.17) is 0 Å². The second kappa shape index (κ2) is 9.33. The van der Waals surface area contributed by atoms with Gasteiger partial charge in [-0.05, 0) is 12.8 Å². The smallest absolute Gasteiger partial charge is 0.351 e. The Bertz CT molecular complexity index is 442. The first-order valence-corrected chi connectivity index (χ1v) is 8.88. The van der Waals surface area contributed by atoms with Crippen LogP contribution in [-0.4, -0.2) is 5.16 Å². The van der Waals surface area contributed by atoms with Crippen molar-refractivity contribution >= 4 is 0 Å². The fraction of sp³-hybridized carbons (Fsp3) is 0.833. The lowest BCUT2D eigenvalue weighted by atomic mass is 9.77. The van der Waals surface area contributed by atoms with Gasteiger partial charge in [-0.15, -0.1) is 0 Å². The summed E-state index contributed by atoms with van der Waals surface area (Å²) in [5, 5.41) is 3.75. The van der Waals surface area contributed by atoms with Crippen molar-refractivity contribution < 1.29 is 17.7 Å². The molecule has 1 aromatic heterocycles. The Kier molecular flexibility index (Phi) is 8.13. The molecule has 1 rings (SSSR count). The molecule has 0 aliphatic heterocycles. The summed E-state index contributed by atoms with van der Waals surface area (Å²) >= 11 is 0. The second-order valence-corrected chi connectivity index (χ2v) is 6.76. The quantitative estimate of drug-likeness (QED) is 0.412. The zero-order valence-electron chi connectivity index (χ0n) is 14.6. The van der Waals surface area contributed by atoms with Crippen molar-refractivity contribution in [2.24, 2.45) is 0 Å². The molecule has 23 heavy (non-hydrogen) atoms. The van der Waals surface area contributed by atoms with Gasteiger partial charge in [0.05, 0.1) is 5.69 Å². The van der Waals surface area contributed by atoms with Crippen LogP contribution >= 0.6 is 0 Å². The molecule has 134 valence electrons. The number of alkyl halides is 3. The third-order valence-electron chi connectivity index (χ3n) is 4.57. The molecule has 1 atom stereocenters. The molecule has 0 bridgehead atoms. The van der Waals surface area contributed by atoms with E-state index in [-0.39, 0.29) is 5.41 Å². The summed E-state index contributed by atoms with van der Waals surface area (Å²) in [7, 11) is 0. The summed E-state index contributed by atoms with van der Waals surface area (Å²) in [6, 6.07) is 1.10. The maximum absolute atomic E-state index is 12.8. The highest BCUT2D eigenvalue weighted by Gasteiger charge is 2.39. The summed E-state index contributed by atoms with van der Waals surface area (Å²) in [5.74, 6) is -0.986. The molecule has 1 aromatic rings. The zero-order chi connectivity index (χ0) is 17.3. The number of hydrogen-bond acceptors (Lipinski definition) is 2. The van der Waals surface area contributed by atoms with Crippen LogP contribution in [0.25, 0.3) is 0 Å². The SMILES string of the molecule is CCCCCCCC(C)(CCCCC)c1cc(C(F)(F)F)on1. The Morgan fingerprint density at radius 2 is 1.43 bits per heavy atom. The number of rotatable bonds is 11. The molecular weight excluding hydrogens is 303 g/mol. The highest BCUT2D eigenvalue weighted by Crippen LogP contribution is 2.38. The number of hydrogen-bond donors (Lipinski definition) is 0. The van der Waals surface area contributed by atoms with Gasteiger partial charge in [-0.25, -0.2) is 0 Å². The lowest BCUT2D eigenvalue weighted by Crippen LogP contribution is -2.22. The zero-order valence-corrected chi connectivity index (χ0v) is 14.6. The van der Waals surface area contributed by atoms with Gasteiger partial charge in [0.25, 0.3) is 0 Å². The van der Waals surface area contributed by atoms with Crippen molar-refractivity contribution in [2.75, 3.05) is 0 Å². The Morgan fingerprint density at radius 3 is 1.96 bits per heavy atom. The third kappa shape index (κ3) is 6.56. The van der Waals surface area contributed by atoms with Crippen LogP contribution in [0.5, 0.6) is 0 Å². The first-order valence-electron chi connectivity index (χ1n) is 8.88. The number of aromatic nitrogens is 1. The summed E-state index contributed by atoms with van der Waals surface area (Å²) < 4.78 is 42.8. The van der Waals surface area contributed by atoms with E-state index in [1.165, 1.54) is 19.3 Å². The molecule has 5 heteroatoms. The molecule has 0 fully saturated rings. The average Bonchev–Trinajstić information content (AvgIpc) is 2.98. The predicted octanol–water partition coefficient (Wildman–Crippen LogP) is 6.89. The van der Waals surface area contributed by atoms with Crippen LogP contribution in [0.3, 0.4) is 0 Å². The summed E-state index contributed by atoms with van der Waals surface area (Å²) in [6.07, 6.45) is 6.21. The third-order valence-corrected chi connectivity index (χ3v) is 4.57. The van der Waals surface area contributed by atoms with Crippen molar-refractivity contribution in [3.63, 3.8) is 0 Å². The van der Waals surface area contributed by atoms with Gasteiger partial charge in [0, 0.05) is 11.5 Å². The minimum absolute atomic E-state index is 0.325. The molecule has 2 nitrogen and oxygen atoms in total. The van der Waals surface area contributed by atoms with E-state index in [0.29, 0.717) is 5.69 Å². The lowest BCUT2D eigenvalue weighted by Gasteiger charge is -2.27. The predicted molar refractivity (Wildman–Crippen MR) is 86.4 cm³/mol. The first-order chi connectivity index (χ1) is 10.8. The van der Waals surface area contributed by atoms with E-state index in [9.17, 15) is 13.2 Å². The lowest BCUT2D eigenvalue weighted by molar-refractivity contribution is -0.155. The maximum atomic E-state index is 12.8. The highest BCUT2D eigenvalue weighted by molar-refractivity contribution is 5.18. The van der Waals surface area contributed by atoms with Crippen molar-refractivity contribution in [3.05, 3.63) is 17.5 Å². The molecular formula is C18H30F3NO. The van der Waals surface area contributed by atoms with Crippen LogP contribution in [0.2, 0.25) is 0 Å². The molecule has 0 saturated heterocycles. The van der Waals surface area contributed by atoms with E-state index >= 15 is 0 Å². The molecule has 0 aromatic carbocycles. The van der Waals surface area contributed by atoms with Crippen molar-refractivity contribution in [1.29, 1.82) is 0 Å². The normalized spacial score (nSPS) is 14.9. The summed E-state index contributed by atoms with van der Waals surface area (Å²) in [6.45, 7) is 6.32. The Labute approximate surface area is 137 Å². The minimum Gasteiger partial charge on any atom is -0.351 e. The van der Waals surface area contributed by atoms with E-state index in [1.807, 2.05) is 6.92 Å². The molecule has 0 spiro atoms. The molecule has 0 N–H and O–H groups in total. The monoisotopic (exact) mass is 333 g/mol. The Morgan fingerprint density at radius 1 is 0.913 bits per heavy atom.